The van der Waals surface area contributed by atoms with E-state index >= 15 is 0 Å². The minimum Gasteiger partial charge on any atom is -0.545 e. The quantitative estimate of drug-likeness (QED) is 0.581. The minimum absolute atomic E-state index is 0.0294. The third-order valence-electron chi connectivity index (χ3n) is 3.48. The van der Waals surface area contributed by atoms with Gasteiger partial charge in [-0.25, -0.2) is 5.43 Å². The van der Waals surface area contributed by atoms with Crippen LogP contribution >= 0.6 is 0 Å². The summed E-state index contributed by atoms with van der Waals surface area (Å²) in [4.78, 5) is 23.3. The van der Waals surface area contributed by atoms with Gasteiger partial charge in [0.15, 0.2) is 11.5 Å². The minimum atomic E-state index is -1.33. The summed E-state index contributed by atoms with van der Waals surface area (Å²) in [6.07, 6.45) is 1.22. The number of hydrazone groups is 1. The van der Waals surface area contributed by atoms with Gasteiger partial charge >= 0.3 is 0 Å². The Hall–Kier alpha value is -3.55. The van der Waals surface area contributed by atoms with E-state index in [1.165, 1.54) is 45.7 Å². The predicted octanol–water partition coefficient (Wildman–Crippen LogP) is 0.840. The molecule has 26 heavy (non-hydrogen) atoms. The molecule has 0 saturated heterocycles. The second-order valence-corrected chi connectivity index (χ2v) is 4.99. The molecule has 0 radical (unpaired) electrons. The summed E-state index contributed by atoms with van der Waals surface area (Å²) >= 11 is 0. The van der Waals surface area contributed by atoms with E-state index in [1.54, 1.807) is 18.2 Å². The molecule has 136 valence electrons. The molecule has 1 N–H and O–H groups in total. The van der Waals surface area contributed by atoms with Crippen molar-refractivity contribution in [1.29, 1.82) is 0 Å². The van der Waals surface area contributed by atoms with Crippen LogP contribution in [0.15, 0.2) is 41.5 Å². The zero-order valence-corrected chi connectivity index (χ0v) is 14.4. The van der Waals surface area contributed by atoms with Crippen LogP contribution in [-0.2, 0) is 0 Å². The van der Waals surface area contributed by atoms with Gasteiger partial charge in [-0.15, -0.1) is 0 Å². The van der Waals surface area contributed by atoms with Crippen molar-refractivity contribution in [3.63, 3.8) is 0 Å². The van der Waals surface area contributed by atoms with Crippen LogP contribution in [0.2, 0.25) is 0 Å². The molecular formula is C18H17N2O6-. The molecule has 2 rings (SSSR count). The number of benzene rings is 2. The first-order chi connectivity index (χ1) is 12.5. The Bertz CT molecular complexity index is 822. The van der Waals surface area contributed by atoms with E-state index in [0.717, 1.165) is 0 Å². The van der Waals surface area contributed by atoms with Crippen LogP contribution in [-0.4, -0.2) is 39.4 Å². The Labute approximate surface area is 150 Å². The third kappa shape index (κ3) is 4.10. The standard InChI is InChI=1S/C18H18N2O6/c1-24-14-8-12(9-15(25-2)16(14)26-3)17(21)20-19-10-11-6-4-5-7-13(11)18(22)23/h4-10H,1-3H3,(H,20,21)(H,22,23)/p-1/b19-10-. The zero-order chi connectivity index (χ0) is 19.1. The Morgan fingerprint density at radius 2 is 1.65 bits per heavy atom. The maximum Gasteiger partial charge on any atom is 0.271 e. The maximum absolute atomic E-state index is 12.3. The molecule has 0 heterocycles. The molecule has 0 atom stereocenters. The summed E-state index contributed by atoms with van der Waals surface area (Å²) in [6, 6.07) is 9.09. The number of carbonyl (C=O) groups excluding carboxylic acids is 2. The zero-order valence-electron chi connectivity index (χ0n) is 14.4. The maximum atomic E-state index is 12.3. The van der Waals surface area contributed by atoms with E-state index in [0.29, 0.717) is 22.8 Å². The Kier molecular flexibility index (Phi) is 6.15. The Morgan fingerprint density at radius 3 is 2.19 bits per heavy atom. The molecule has 1 amide bonds. The van der Waals surface area contributed by atoms with E-state index < -0.39 is 11.9 Å². The average molecular weight is 357 g/mol. The molecule has 0 spiro atoms. The summed E-state index contributed by atoms with van der Waals surface area (Å²) in [5, 5.41) is 14.8. The highest BCUT2D eigenvalue weighted by Gasteiger charge is 2.16. The number of amides is 1. The molecule has 0 aliphatic heterocycles. The van der Waals surface area contributed by atoms with Gasteiger partial charge in [-0.2, -0.15) is 5.10 Å². The second kappa shape index (κ2) is 8.52. The number of nitrogens with zero attached hydrogens (tertiary/aromatic N) is 1. The summed E-state index contributed by atoms with van der Waals surface area (Å²) in [5.41, 5.74) is 2.82. The lowest BCUT2D eigenvalue weighted by atomic mass is 10.1. The van der Waals surface area contributed by atoms with Crippen molar-refractivity contribution < 1.29 is 28.9 Å². The topological polar surface area (TPSA) is 109 Å². The number of rotatable bonds is 7. The number of hydrogen-bond donors (Lipinski definition) is 1. The first-order valence-electron chi connectivity index (χ1n) is 7.45. The highest BCUT2D eigenvalue weighted by molar-refractivity contribution is 5.99. The Morgan fingerprint density at radius 1 is 1.04 bits per heavy atom. The predicted molar refractivity (Wildman–Crippen MR) is 91.9 cm³/mol. The van der Waals surface area contributed by atoms with Crippen LogP contribution in [0.3, 0.4) is 0 Å². The van der Waals surface area contributed by atoms with Crippen molar-refractivity contribution >= 4 is 18.1 Å². The average Bonchev–Trinajstić information content (AvgIpc) is 2.66. The number of methoxy groups -OCH3 is 3. The van der Waals surface area contributed by atoms with Crippen LogP contribution in [0.1, 0.15) is 26.3 Å². The van der Waals surface area contributed by atoms with Crippen molar-refractivity contribution in [3.05, 3.63) is 53.1 Å². The van der Waals surface area contributed by atoms with Crippen molar-refractivity contribution in [2.45, 2.75) is 0 Å². The summed E-state index contributed by atoms with van der Waals surface area (Å²) < 4.78 is 15.6. The largest absolute Gasteiger partial charge is 0.545 e. The molecule has 0 aliphatic rings. The highest BCUT2D eigenvalue weighted by Crippen LogP contribution is 2.38. The van der Waals surface area contributed by atoms with Crippen molar-refractivity contribution in [3.8, 4) is 17.2 Å². The van der Waals surface area contributed by atoms with Gasteiger partial charge in [-0.3, -0.25) is 4.79 Å². The molecule has 0 unspecified atom stereocenters. The molecule has 8 nitrogen and oxygen atoms in total. The second-order valence-electron chi connectivity index (χ2n) is 4.99. The lowest BCUT2D eigenvalue weighted by Crippen LogP contribution is -2.24. The van der Waals surface area contributed by atoms with Gasteiger partial charge in [0, 0.05) is 16.7 Å². The fraction of sp³-hybridized carbons (Fsp3) is 0.167. The Balaban J connectivity index is 2.22. The number of nitrogens with one attached hydrogen (secondary N) is 1. The van der Waals surface area contributed by atoms with E-state index in [9.17, 15) is 14.7 Å². The molecule has 0 aromatic heterocycles. The molecule has 0 fully saturated rings. The van der Waals surface area contributed by atoms with Crippen molar-refractivity contribution in [2.24, 2.45) is 5.10 Å². The lowest BCUT2D eigenvalue weighted by Gasteiger charge is -2.13. The van der Waals surface area contributed by atoms with Gasteiger partial charge in [0.1, 0.15) is 0 Å². The van der Waals surface area contributed by atoms with Crippen molar-refractivity contribution in [2.75, 3.05) is 21.3 Å². The fourth-order valence-electron chi connectivity index (χ4n) is 2.23. The van der Waals surface area contributed by atoms with Gasteiger partial charge in [0.05, 0.1) is 33.5 Å². The van der Waals surface area contributed by atoms with E-state index in [2.05, 4.69) is 10.5 Å². The molecule has 2 aromatic carbocycles. The normalized spacial score (nSPS) is 10.4. The fourth-order valence-corrected chi connectivity index (χ4v) is 2.23. The number of carboxylic acids is 1. The van der Waals surface area contributed by atoms with E-state index in [1.807, 2.05) is 0 Å². The summed E-state index contributed by atoms with van der Waals surface area (Å²) in [5.74, 6) is -0.862. The number of carboxylic acid groups (broad SMARTS) is 1. The molecular weight excluding hydrogens is 340 g/mol. The summed E-state index contributed by atoms with van der Waals surface area (Å²) in [7, 11) is 4.33. The summed E-state index contributed by atoms with van der Waals surface area (Å²) in [6.45, 7) is 0. The number of hydrogen-bond acceptors (Lipinski definition) is 7. The molecule has 8 heteroatoms. The highest BCUT2D eigenvalue weighted by atomic mass is 16.5. The number of aromatic carboxylic acids is 1. The number of ether oxygens (including phenoxy) is 3. The molecule has 0 saturated carbocycles. The smallest absolute Gasteiger partial charge is 0.271 e. The monoisotopic (exact) mass is 357 g/mol. The van der Waals surface area contributed by atoms with Crippen molar-refractivity contribution in [1.82, 2.24) is 5.43 Å². The van der Waals surface area contributed by atoms with Crippen LogP contribution < -0.4 is 24.7 Å². The van der Waals surface area contributed by atoms with Gasteiger partial charge in [-0.1, -0.05) is 24.3 Å². The lowest BCUT2D eigenvalue weighted by molar-refractivity contribution is -0.255. The van der Waals surface area contributed by atoms with Gasteiger partial charge in [0.25, 0.3) is 5.91 Å². The molecule has 0 bridgehead atoms. The van der Waals surface area contributed by atoms with Gasteiger partial charge in [0.2, 0.25) is 5.75 Å². The van der Waals surface area contributed by atoms with Gasteiger partial charge in [-0.05, 0) is 12.1 Å². The van der Waals surface area contributed by atoms with Crippen LogP contribution in [0.25, 0.3) is 0 Å². The van der Waals surface area contributed by atoms with Crippen LogP contribution in [0.4, 0.5) is 0 Å². The van der Waals surface area contributed by atoms with E-state index in [4.69, 9.17) is 14.2 Å². The van der Waals surface area contributed by atoms with Crippen LogP contribution in [0, 0.1) is 0 Å². The van der Waals surface area contributed by atoms with E-state index in [-0.39, 0.29) is 11.1 Å². The number of carbonyl (C=O) groups is 2. The van der Waals surface area contributed by atoms with Gasteiger partial charge < -0.3 is 24.1 Å². The first-order valence-corrected chi connectivity index (χ1v) is 7.45. The molecule has 0 aliphatic carbocycles. The third-order valence-corrected chi connectivity index (χ3v) is 3.48. The first kappa shape index (κ1) is 18.8. The molecule has 2 aromatic rings. The SMILES string of the molecule is COc1cc(C(=O)N/N=C\c2ccccc2C(=O)[O-])cc(OC)c1OC. The van der Waals surface area contributed by atoms with Crippen LogP contribution in [0.5, 0.6) is 17.2 Å².